The Morgan fingerprint density at radius 3 is 2.53 bits per heavy atom. The lowest BCUT2D eigenvalue weighted by Gasteiger charge is -2.51. The van der Waals surface area contributed by atoms with E-state index in [1.54, 1.807) is 0 Å². The minimum atomic E-state index is 0.654. The van der Waals surface area contributed by atoms with Crippen molar-refractivity contribution < 1.29 is 0 Å². The molecular formula is C16H31N3. The number of hydrogen-bond acceptors (Lipinski definition) is 3. The molecule has 0 amide bonds. The summed E-state index contributed by atoms with van der Waals surface area (Å²) in [6.07, 6.45) is 9.94. The molecule has 0 aromatic carbocycles. The minimum absolute atomic E-state index is 0.654. The number of fused-ring (bicyclic) bond motifs is 1. The molecule has 19 heavy (non-hydrogen) atoms. The highest BCUT2D eigenvalue weighted by Crippen LogP contribution is 2.33. The van der Waals surface area contributed by atoms with Gasteiger partial charge < -0.3 is 5.73 Å². The standard InChI is InChI=1S/C16H31N3/c1-13-11-18-9-5-4-8-15(18)12-19(13)16(10-17)14-6-2-3-7-14/h13-16H,2-12,17H2,1H3. The normalized spacial score (nSPS) is 36.3. The van der Waals surface area contributed by atoms with E-state index >= 15 is 0 Å². The van der Waals surface area contributed by atoms with Crippen molar-refractivity contribution in [2.24, 2.45) is 11.7 Å². The van der Waals surface area contributed by atoms with Gasteiger partial charge in [0.25, 0.3) is 0 Å². The van der Waals surface area contributed by atoms with Crippen LogP contribution in [0.3, 0.4) is 0 Å². The fourth-order valence-corrected chi connectivity index (χ4v) is 4.78. The fourth-order valence-electron chi connectivity index (χ4n) is 4.78. The van der Waals surface area contributed by atoms with Crippen LogP contribution >= 0.6 is 0 Å². The highest BCUT2D eigenvalue weighted by atomic mass is 15.3. The lowest BCUT2D eigenvalue weighted by atomic mass is 9.91. The number of rotatable bonds is 3. The van der Waals surface area contributed by atoms with Gasteiger partial charge in [0.05, 0.1) is 0 Å². The average Bonchev–Trinajstić information content (AvgIpc) is 2.94. The maximum atomic E-state index is 6.16. The molecule has 3 nitrogen and oxygen atoms in total. The van der Waals surface area contributed by atoms with Crippen LogP contribution in [0.4, 0.5) is 0 Å². The van der Waals surface area contributed by atoms with Crippen molar-refractivity contribution in [2.45, 2.75) is 70.0 Å². The zero-order valence-electron chi connectivity index (χ0n) is 12.6. The molecule has 0 aromatic heterocycles. The van der Waals surface area contributed by atoms with Crippen molar-refractivity contribution in [2.75, 3.05) is 26.2 Å². The van der Waals surface area contributed by atoms with E-state index < -0.39 is 0 Å². The molecular weight excluding hydrogens is 234 g/mol. The van der Waals surface area contributed by atoms with E-state index in [0.717, 1.165) is 18.5 Å². The molecule has 0 radical (unpaired) electrons. The van der Waals surface area contributed by atoms with Gasteiger partial charge in [0, 0.05) is 37.8 Å². The molecule has 3 aliphatic rings. The van der Waals surface area contributed by atoms with Gasteiger partial charge in [-0.3, -0.25) is 9.80 Å². The van der Waals surface area contributed by atoms with Gasteiger partial charge in [-0.2, -0.15) is 0 Å². The van der Waals surface area contributed by atoms with Crippen molar-refractivity contribution in [1.29, 1.82) is 0 Å². The molecule has 1 saturated carbocycles. The summed E-state index contributed by atoms with van der Waals surface area (Å²) >= 11 is 0. The molecule has 1 aliphatic carbocycles. The second kappa shape index (κ2) is 6.11. The molecule has 2 heterocycles. The Balaban J connectivity index is 1.67. The largest absolute Gasteiger partial charge is 0.329 e. The molecule has 0 spiro atoms. The zero-order valence-corrected chi connectivity index (χ0v) is 12.6. The first-order chi connectivity index (χ1) is 9.29. The number of piperazine rings is 1. The van der Waals surface area contributed by atoms with Gasteiger partial charge in [-0.15, -0.1) is 0 Å². The summed E-state index contributed by atoms with van der Waals surface area (Å²) < 4.78 is 0. The highest BCUT2D eigenvalue weighted by molar-refractivity contribution is 4.94. The van der Waals surface area contributed by atoms with Crippen molar-refractivity contribution in [1.82, 2.24) is 9.80 Å². The Hall–Kier alpha value is -0.120. The Kier molecular flexibility index (Phi) is 4.45. The quantitative estimate of drug-likeness (QED) is 0.848. The maximum Gasteiger partial charge on any atom is 0.0250 e. The highest BCUT2D eigenvalue weighted by Gasteiger charge is 2.38. The minimum Gasteiger partial charge on any atom is -0.329 e. The first-order valence-corrected chi connectivity index (χ1v) is 8.49. The van der Waals surface area contributed by atoms with E-state index in [2.05, 4.69) is 16.7 Å². The average molecular weight is 265 g/mol. The summed E-state index contributed by atoms with van der Waals surface area (Å²) in [5.74, 6) is 0.877. The van der Waals surface area contributed by atoms with Gasteiger partial charge in [0.15, 0.2) is 0 Å². The van der Waals surface area contributed by atoms with Crippen LogP contribution in [0.2, 0.25) is 0 Å². The predicted molar refractivity (Wildman–Crippen MR) is 80.2 cm³/mol. The van der Waals surface area contributed by atoms with Gasteiger partial charge in [-0.05, 0) is 45.1 Å². The van der Waals surface area contributed by atoms with Crippen molar-refractivity contribution in [3.05, 3.63) is 0 Å². The van der Waals surface area contributed by atoms with Crippen LogP contribution in [0.15, 0.2) is 0 Å². The van der Waals surface area contributed by atoms with Gasteiger partial charge in [0.2, 0.25) is 0 Å². The van der Waals surface area contributed by atoms with Crippen molar-refractivity contribution >= 4 is 0 Å². The lowest BCUT2D eigenvalue weighted by molar-refractivity contribution is -0.0190. The smallest absolute Gasteiger partial charge is 0.0250 e. The molecule has 3 atom stereocenters. The molecule has 3 rings (SSSR count). The van der Waals surface area contributed by atoms with E-state index in [0.29, 0.717) is 12.1 Å². The first kappa shape index (κ1) is 13.8. The second-order valence-electron chi connectivity index (χ2n) is 7.04. The van der Waals surface area contributed by atoms with E-state index in [1.165, 1.54) is 64.6 Å². The number of nitrogens with two attached hydrogens (primary N) is 1. The van der Waals surface area contributed by atoms with Crippen LogP contribution in [0.5, 0.6) is 0 Å². The summed E-state index contributed by atoms with van der Waals surface area (Å²) in [5, 5.41) is 0. The summed E-state index contributed by atoms with van der Waals surface area (Å²) in [6, 6.07) is 2.17. The number of nitrogens with zero attached hydrogens (tertiary/aromatic N) is 2. The third-order valence-electron chi connectivity index (χ3n) is 5.85. The second-order valence-corrected chi connectivity index (χ2v) is 7.04. The molecule has 2 N–H and O–H groups in total. The van der Waals surface area contributed by atoms with Crippen LogP contribution in [0, 0.1) is 5.92 Å². The molecule has 0 bridgehead atoms. The summed E-state index contributed by atoms with van der Waals surface area (Å²) in [6.45, 7) is 7.16. The third kappa shape index (κ3) is 2.84. The van der Waals surface area contributed by atoms with Crippen LogP contribution in [0.1, 0.15) is 51.9 Å². The summed E-state index contributed by atoms with van der Waals surface area (Å²) in [4.78, 5) is 5.52. The molecule has 3 heteroatoms. The monoisotopic (exact) mass is 265 g/mol. The molecule has 0 aromatic rings. The Bertz CT molecular complexity index is 288. The van der Waals surface area contributed by atoms with E-state index in [1.807, 2.05) is 0 Å². The van der Waals surface area contributed by atoms with Crippen molar-refractivity contribution in [3.63, 3.8) is 0 Å². The molecule has 3 unspecified atom stereocenters. The molecule has 3 fully saturated rings. The van der Waals surface area contributed by atoms with Gasteiger partial charge in [0.1, 0.15) is 0 Å². The number of piperidine rings is 1. The third-order valence-corrected chi connectivity index (χ3v) is 5.85. The molecule has 110 valence electrons. The van der Waals surface area contributed by atoms with Crippen LogP contribution < -0.4 is 5.73 Å². The SMILES string of the molecule is CC1CN2CCCCC2CN1C(CN)C1CCCC1. The fraction of sp³-hybridized carbons (Fsp3) is 1.00. The topological polar surface area (TPSA) is 32.5 Å². The van der Waals surface area contributed by atoms with E-state index in [-0.39, 0.29) is 0 Å². The Morgan fingerprint density at radius 2 is 1.79 bits per heavy atom. The summed E-state index contributed by atoms with van der Waals surface area (Å²) in [5.41, 5.74) is 6.16. The summed E-state index contributed by atoms with van der Waals surface area (Å²) in [7, 11) is 0. The lowest BCUT2D eigenvalue weighted by Crippen LogP contribution is -2.63. The number of hydrogen-bond donors (Lipinski definition) is 1. The molecule has 2 saturated heterocycles. The van der Waals surface area contributed by atoms with Crippen molar-refractivity contribution in [3.8, 4) is 0 Å². The Labute approximate surface area is 118 Å². The predicted octanol–water partition coefficient (Wildman–Crippen LogP) is 2.06. The van der Waals surface area contributed by atoms with Crippen LogP contribution in [-0.2, 0) is 0 Å². The van der Waals surface area contributed by atoms with Gasteiger partial charge in [-0.25, -0.2) is 0 Å². The Morgan fingerprint density at radius 1 is 1.05 bits per heavy atom. The van der Waals surface area contributed by atoms with Crippen LogP contribution in [0.25, 0.3) is 0 Å². The van der Waals surface area contributed by atoms with Gasteiger partial charge in [-0.1, -0.05) is 19.3 Å². The van der Waals surface area contributed by atoms with E-state index in [4.69, 9.17) is 5.73 Å². The van der Waals surface area contributed by atoms with Crippen LogP contribution in [-0.4, -0.2) is 54.1 Å². The van der Waals surface area contributed by atoms with E-state index in [9.17, 15) is 0 Å². The zero-order chi connectivity index (χ0) is 13.2. The first-order valence-electron chi connectivity index (χ1n) is 8.49. The van der Waals surface area contributed by atoms with Gasteiger partial charge >= 0.3 is 0 Å². The maximum absolute atomic E-state index is 6.16. The molecule has 2 aliphatic heterocycles.